The first-order valence-corrected chi connectivity index (χ1v) is 12.2. The second-order valence-electron chi connectivity index (χ2n) is 4.61. The maximum absolute atomic E-state index is 12.4. The molecule has 0 saturated carbocycles. The van der Waals surface area contributed by atoms with Gasteiger partial charge in [-0.25, -0.2) is 4.45 Å². The van der Waals surface area contributed by atoms with Crippen LogP contribution < -0.4 is 0 Å². The molecule has 1 aliphatic carbocycles. The third-order valence-corrected chi connectivity index (χ3v) is 12.9. The lowest BCUT2D eigenvalue weighted by atomic mass is 9.79. The lowest BCUT2D eigenvalue weighted by Gasteiger charge is -2.26. The van der Waals surface area contributed by atoms with Crippen LogP contribution in [0.3, 0.4) is 0 Å². The van der Waals surface area contributed by atoms with Crippen LogP contribution in [0.15, 0.2) is 0 Å². The molecule has 94 valence electrons. The number of rotatable bonds is 2. The third-order valence-electron chi connectivity index (χ3n) is 3.53. The fourth-order valence-electron chi connectivity index (χ4n) is 2.22. The summed E-state index contributed by atoms with van der Waals surface area (Å²) in [7, 11) is 5.87. The summed E-state index contributed by atoms with van der Waals surface area (Å²) >= 11 is 0. The van der Waals surface area contributed by atoms with Crippen molar-refractivity contribution in [2.45, 2.75) is 27.2 Å². The second-order valence-corrected chi connectivity index (χ2v) is 13.4. The molecule has 1 aromatic heterocycles. The standard InChI is InChI=1S/C10H18N2OP4/c1-5-4-8-7(3)11-12(17(15)16-14)9(8)10(13)6(5)2/h5-6,16H,4,14-15H2,1-3H3. The van der Waals surface area contributed by atoms with Gasteiger partial charge in [0.15, 0.2) is 5.78 Å². The van der Waals surface area contributed by atoms with Gasteiger partial charge in [-0.15, -0.1) is 8.93 Å². The average molecular weight is 306 g/mol. The highest BCUT2D eigenvalue weighted by molar-refractivity contribution is 8.60. The smallest absolute Gasteiger partial charge is 0.184 e. The topological polar surface area (TPSA) is 34.9 Å². The summed E-state index contributed by atoms with van der Waals surface area (Å²) in [6.45, 7) is 6.21. The van der Waals surface area contributed by atoms with Crippen molar-refractivity contribution in [2.24, 2.45) is 11.8 Å². The molecule has 0 fully saturated rings. The normalized spacial score (nSPS) is 26.5. The molecule has 3 nitrogen and oxygen atoms in total. The number of carbonyl (C=O) groups excluding carboxylic acids is 1. The van der Waals surface area contributed by atoms with Gasteiger partial charge in [-0.3, -0.25) is 4.79 Å². The predicted octanol–water partition coefficient (Wildman–Crippen LogP) is 3.62. The van der Waals surface area contributed by atoms with Gasteiger partial charge in [0, 0.05) is 11.5 Å². The Morgan fingerprint density at radius 3 is 2.76 bits per heavy atom. The molecule has 0 spiro atoms. The molecule has 0 radical (unpaired) electrons. The van der Waals surface area contributed by atoms with Gasteiger partial charge < -0.3 is 0 Å². The summed E-state index contributed by atoms with van der Waals surface area (Å²) in [5.74, 6) is 0.830. The molecular weight excluding hydrogens is 288 g/mol. The summed E-state index contributed by atoms with van der Waals surface area (Å²) in [4.78, 5) is 12.4. The number of hydrogen-bond donors (Lipinski definition) is 0. The molecule has 1 heterocycles. The van der Waals surface area contributed by atoms with E-state index in [0.29, 0.717) is 13.9 Å². The van der Waals surface area contributed by atoms with Crippen LogP contribution in [0.5, 0.6) is 0 Å². The minimum Gasteiger partial charge on any atom is -0.292 e. The van der Waals surface area contributed by atoms with Gasteiger partial charge in [0.05, 0.1) is 13.1 Å². The fraction of sp³-hybridized carbons (Fsp3) is 0.600. The van der Waals surface area contributed by atoms with Crippen LogP contribution in [0.4, 0.5) is 0 Å². The Morgan fingerprint density at radius 2 is 2.18 bits per heavy atom. The van der Waals surface area contributed by atoms with Crippen LogP contribution in [0.1, 0.15) is 35.6 Å². The lowest BCUT2D eigenvalue weighted by molar-refractivity contribution is 0.0870. The molecule has 1 aliphatic rings. The van der Waals surface area contributed by atoms with E-state index in [0.717, 1.165) is 17.8 Å². The van der Waals surface area contributed by atoms with E-state index in [1.807, 2.05) is 18.3 Å². The number of nitrogens with zero attached hydrogens (tertiary/aromatic N) is 2. The Kier molecular flexibility index (Phi) is 4.37. The van der Waals surface area contributed by atoms with Crippen molar-refractivity contribution >= 4 is 39.0 Å². The van der Waals surface area contributed by atoms with Gasteiger partial charge in [0.25, 0.3) is 0 Å². The molecule has 0 aliphatic heterocycles. The zero-order valence-electron chi connectivity index (χ0n) is 10.3. The van der Waals surface area contributed by atoms with Crippen LogP contribution in [0.25, 0.3) is 0 Å². The van der Waals surface area contributed by atoms with Crippen LogP contribution >= 0.6 is 33.3 Å². The Bertz CT molecular complexity index is 459. The highest BCUT2D eigenvalue weighted by Crippen LogP contribution is 2.67. The SMILES string of the molecule is Cc1nn(P(P)PP)c2c1CC(C)C(C)C2=O. The van der Waals surface area contributed by atoms with Crippen molar-refractivity contribution in [3.8, 4) is 0 Å². The van der Waals surface area contributed by atoms with Gasteiger partial charge in [-0.2, -0.15) is 5.10 Å². The first-order valence-electron chi connectivity index (χ1n) is 5.61. The first kappa shape index (κ1) is 14.0. The zero-order chi connectivity index (χ0) is 12.7. The Labute approximate surface area is 110 Å². The quantitative estimate of drug-likeness (QED) is 0.782. The molecule has 1 aromatic rings. The predicted molar refractivity (Wildman–Crippen MR) is 83.4 cm³/mol. The van der Waals surface area contributed by atoms with E-state index in [1.54, 1.807) is 0 Å². The maximum atomic E-state index is 12.4. The number of carbonyl (C=O) groups is 1. The molecule has 7 heteroatoms. The van der Waals surface area contributed by atoms with E-state index in [2.05, 4.69) is 29.9 Å². The molecule has 0 bridgehead atoms. The monoisotopic (exact) mass is 306 g/mol. The van der Waals surface area contributed by atoms with Crippen LogP contribution in [0, 0.1) is 18.8 Å². The van der Waals surface area contributed by atoms with Crippen molar-refractivity contribution in [1.29, 1.82) is 0 Å². The largest absolute Gasteiger partial charge is 0.292 e. The van der Waals surface area contributed by atoms with E-state index >= 15 is 0 Å². The summed E-state index contributed by atoms with van der Waals surface area (Å²) in [6.07, 6.45) is 0.988. The molecular formula is C10H18N2OP4. The summed E-state index contributed by atoms with van der Waals surface area (Å²) in [5, 5.41) is 4.58. The number of fused-ring (bicyclic) bond motifs is 1. The Morgan fingerprint density at radius 1 is 1.53 bits per heavy atom. The van der Waals surface area contributed by atoms with Crippen molar-refractivity contribution in [1.82, 2.24) is 9.55 Å². The minimum atomic E-state index is -0.435. The van der Waals surface area contributed by atoms with Crippen LogP contribution in [0.2, 0.25) is 0 Å². The molecule has 0 aromatic carbocycles. The molecule has 17 heavy (non-hydrogen) atoms. The third kappa shape index (κ3) is 2.37. The number of hydrogen-bond acceptors (Lipinski definition) is 2. The summed E-state index contributed by atoms with van der Waals surface area (Å²) in [5.41, 5.74) is 3.09. The molecule has 2 rings (SSSR count). The zero-order valence-corrected chi connectivity index (χ0v) is 14.5. The lowest BCUT2D eigenvalue weighted by Crippen LogP contribution is -2.28. The van der Waals surface area contributed by atoms with Crippen molar-refractivity contribution in [2.75, 3.05) is 0 Å². The number of aromatic nitrogens is 2. The van der Waals surface area contributed by atoms with Gasteiger partial charge >= 0.3 is 0 Å². The summed E-state index contributed by atoms with van der Waals surface area (Å²) in [6, 6.07) is 0. The molecule has 0 saturated heterocycles. The minimum absolute atomic E-state index is 0.124. The molecule has 0 N–H and O–H groups in total. The van der Waals surface area contributed by atoms with Crippen molar-refractivity contribution in [3.63, 3.8) is 0 Å². The van der Waals surface area contributed by atoms with Crippen molar-refractivity contribution < 1.29 is 4.79 Å². The number of aryl methyl sites for hydroxylation is 1. The molecule has 6 unspecified atom stereocenters. The average Bonchev–Trinajstić information content (AvgIpc) is 2.63. The highest BCUT2D eigenvalue weighted by atomic mass is 32.6. The van der Waals surface area contributed by atoms with Gasteiger partial charge in [0.2, 0.25) is 0 Å². The first-order chi connectivity index (χ1) is 7.97. The van der Waals surface area contributed by atoms with E-state index < -0.39 is 7.45 Å². The number of Topliss-reactive ketones (excluding diaryl/α,β-unsaturated/α-hetero) is 1. The van der Waals surface area contributed by atoms with Crippen LogP contribution in [-0.4, -0.2) is 15.3 Å². The molecule has 6 atom stereocenters. The van der Waals surface area contributed by atoms with E-state index in [1.165, 1.54) is 5.56 Å². The Hall–Kier alpha value is 0.600. The van der Waals surface area contributed by atoms with Crippen molar-refractivity contribution in [3.05, 3.63) is 17.0 Å². The van der Waals surface area contributed by atoms with Gasteiger partial charge in [-0.05, 0) is 27.2 Å². The second kappa shape index (κ2) is 5.30. The summed E-state index contributed by atoms with van der Waals surface area (Å²) < 4.78 is 1.97. The number of ketones is 1. The van der Waals surface area contributed by atoms with E-state index in [9.17, 15) is 4.79 Å². The highest BCUT2D eigenvalue weighted by Gasteiger charge is 2.35. The maximum Gasteiger partial charge on any atom is 0.184 e. The van der Waals surface area contributed by atoms with Gasteiger partial charge in [-0.1, -0.05) is 22.8 Å². The van der Waals surface area contributed by atoms with E-state index in [-0.39, 0.29) is 11.7 Å². The fourth-order valence-corrected chi connectivity index (χ4v) is 5.24. The van der Waals surface area contributed by atoms with Gasteiger partial charge in [0.1, 0.15) is 5.69 Å². The molecule has 0 amide bonds. The Balaban J connectivity index is 2.55. The van der Waals surface area contributed by atoms with Crippen LogP contribution in [-0.2, 0) is 6.42 Å². The van der Waals surface area contributed by atoms with E-state index in [4.69, 9.17) is 0 Å².